The van der Waals surface area contributed by atoms with Gasteiger partial charge in [0.15, 0.2) is 0 Å². The van der Waals surface area contributed by atoms with Gasteiger partial charge in [-0.3, -0.25) is 4.90 Å². The van der Waals surface area contributed by atoms with Crippen molar-refractivity contribution in [3.05, 3.63) is 94.1 Å². The molecule has 1 saturated carbocycles. The van der Waals surface area contributed by atoms with Crippen molar-refractivity contribution in [2.45, 2.75) is 57.0 Å². The molecule has 47 heavy (non-hydrogen) atoms. The molecule has 3 fully saturated rings. The van der Waals surface area contributed by atoms with Crippen molar-refractivity contribution in [1.82, 2.24) is 14.8 Å². The molecule has 4 aromatic rings. The number of benzene rings is 2. The molecule has 2 aliphatic heterocycles. The minimum Gasteiger partial charge on any atom is -0.497 e. The lowest BCUT2D eigenvalue weighted by Crippen LogP contribution is -2.49. The SMILES string of the molecule is COc1ccc(N2CCN(C(c3nc(Cc4ccccc4)c(N4CCCC4)o3)C3CCC(C(c4cccs4)N(C)C)CC3)CC2)cc1. The van der Waals surface area contributed by atoms with Crippen molar-refractivity contribution in [3.8, 4) is 5.75 Å². The maximum absolute atomic E-state index is 6.99. The first-order valence-electron chi connectivity index (χ1n) is 17.7. The molecular formula is C39H51N5O2S. The zero-order valence-electron chi connectivity index (χ0n) is 28.4. The molecule has 0 radical (unpaired) electrons. The van der Waals surface area contributed by atoms with Crippen LogP contribution < -0.4 is 14.5 Å². The van der Waals surface area contributed by atoms with Gasteiger partial charge >= 0.3 is 0 Å². The molecule has 7 rings (SSSR count). The summed E-state index contributed by atoms with van der Waals surface area (Å²) < 4.78 is 12.4. The second-order valence-electron chi connectivity index (χ2n) is 13.9. The van der Waals surface area contributed by atoms with E-state index in [1.165, 1.54) is 54.7 Å². The summed E-state index contributed by atoms with van der Waals surface area (Å²) in [5.41, 5.74) is 3.67. The van der Waals surface area contributed by atoms with Crippen molar-refractivity contribution >= 4 is 22.9 Å². The lowest BCUT2D eigenvalue weighted by Gasteiger charge is -2.44. The zero-order valence-corrected chi connectivity index (χ0v) is 29.2. The Kier molecular flexibility index (Phi) is 10.2. The fraction of sp³-hybridized carbons (Fsp3) is 0.513. The van der Waals surface area contributed by atoms with Gasteiger partial charge in [-0.1, -0.05) is 36.4 Å². The topological polar surface area (TPSA) is 48.2 Å². The largest absolute Gasteiger partial charge is 0.497 e. The summed E-state index contributed by atoms with van der Waals surface area (Å²) in [7, 11) is 6.23. The van der Waals surface area contributed by atoms with Gasteiger partial charge in [-0.2, -0.15) is 0 Å². The average Bonchev–Trinajstić information content (AvgIpc) is 3.90. The Labute approximate surface area is 285 Å². The number of hydrogen-bond donors (Lipinski definition) is 0. The summed E-state index contributed by atoms with van der Waals surface area (Å²) in [4.78, 5) is 17.0. The molecule has 0 bridgehead atoms. The van der Waals surface area contributed by atoms with E-state index in [-0.39, 0.29) is 6.04 Å². The molecule has 250 valence electrons. The van der Waals surface area contributed by atoms with E-state index >= 15 is 0 Å². The van der Waals surface area contributed by atoms with Crippen LogP contribution in [0.3, 0.4) is 0 Å². The molecule has 0 spiro atoms. The molecule has 4 heterocycles. The highest BCUT2D eigenvalue weighted by Gasteiger charge is 2.40. The molecular weight excluding hydrogens is 603 g/mol. The zero-order chi connectivity index (χ0) is 32.2. The van der Waals surface area contributed by atoms with E-state index in [1.54, 1.807) is 7.11 Å². The van der Waals surface area contributed by atoms with E-state index in [4.69, 9.17) is 14.1 Å². The molecule has 7 nitrogen and oxygen atoms in total. The van der Waals surface area contributed by atoms with E-state index in [0.717, 1.165) is 68.9 Å². The predicted molar refractivity (Wildman–Crippen MR) is 193 cm³/mol. The van der Waals surface area contributed by atoms with Crippen LogP contribution in [0.2, 0.25) is 0 Å². The van der Waals surface area contributed by atoms with Crippen molar-refractivity contribution in [3.63, 3.8) is 0 Å². The van der Waals surface area contributed by atoms with Crippen molar-refractivity contribution in [2.75, 3.05) is 70.3 Å². The van der Waals surface area contributed by atoms with Gasteiger partial charge in [0.25, 0.3) is 0 Å². The van der Waals surface area contributed by atoms with Crippen LogP contribution in [-0.4, -0.2) is 75.3 Å². The van der Waals surface area contributed by atoms with E-state index in [1.807, 2.05) is 11.3 Å². The van der Waals surface area contributed by atoms with E-state index in [2.05, 4.69) is 106 Å². The average molecular weight is 654 g/mol. The Balaban J connectivity index is 1.15. The monoisotopic (exact) mass is 653 g/mol. The molecule has 2 unspecified atom stereocenters. The van der Waals surface area contributed by atoms with Gasteiger partial charge in [0.2, 0.25) is 11.8 Å². The lowest BCUT2D eigenvalue weighted by molar-refractivity contribution is 0.0646. The number of methoxy groups -OCH3 is 1. The second-order valence-corrected chi connectivity index (χ2v) is 14.9. The number of piperazine rings is 1. The third-order valence-corrected chi connectivity index (χ3v) is 11.7. The Morgan fingerprint density at radius 3 is 2.17 bits per heavy atom. The number of aromatic nitrogens is 1. The van der Waals surface area contributed by atoms with Crippen LogP contribution in [0.5, 0.6) is 5.75 Å². The van der Waals surface area contributed by atoms with Crippen LogP contribution in [0.4, 0.5) is 11.6 Å². The standard InChI is InChI=1S/C39H51N5O2S/c1-41(2)36(35-12-9-27-47-35)30-13-15-31(16-14-30)37(43-25-23-42(24-26-43)32-17-19-33(45-3)20-18-32)38-40-34(28-29-10-5-4-6-11-29)39(46-38)44-21-7-8-22-44/h4-6,9-12,17-20,27,30-31,36-37H,7-8,13-16,21-26,28H2,1-3H3. The van der Waals surface area contributed by atoms with Gasteiger partial charge in [-0.05, 0) is 106 Å². The number of oxazole rings is 1. The predicted octanol–water partition coefficient (Wildman–Crippen LogP) is 7.91. The Morgan fingerprint density at radius 1 is 0.830 bits per heavy atom. The Hall–Kier alpha value is -3.33. The van der Waals surface area contributed by atoms with E-state index in [9.17, 15) is 0 Å². The Morgan fingerprint density at radius 2 is 1.53 bits per heavy atom. The number of rotatable bonds is 11. The smallest absolute Gasteiger partial charge is 0.219 e. The van der Waals surface area contributed by atoms with Gasteiger partial charge in [0.05, 0.1) is 13.2 Å². The minimum atomic E-state index is 0.194. The third-order valence-electron chi connectivity index (χ3n) is 10.8. The summed E-state index contributed by atoms with van der Waals surface area (Å²) in [5, 5.41) is 2.23. The van der Waals surface area contributed by atoms with E-state index in [0.29, 0.717) is 17.9 Å². The second kappa shape index (κ2) is 14.8. The maximum Gasteiger partial charge on any atom is 0.219 e. The summed E-state index contributed by atoms with van der Waals surface area (Å²) >= 11 is 1.91. The van der Waals surface area contributed by atoms with Gasteiger partial charge in [0, 0.05) is 62.3 Å². The van der Waals surface area contributed by atoms with Crippen molar-refractivity contribution in [2.24, 2.45) is 11.8 Å². The van der Waals surface area contributed by atoms with Crippen LogP contribution in [0.25, 0.3) is 0 Å². The number of hydrogen-bond acceptors (Lipinski definition) is 8. The molecule has 2 aromatic heterocycles. The van der Waals surface area contributed by atoms with Gasteiger partial charge in [-0.25, -0.2) is 4.98 Å². The van der Waals surface area contributed by atoms with Crippen LogP contribution in [0, 0.1) is 11.8 Å². The lowest BCUT2D eigenvalue weighted by atomic mass is 9.74. The molecule has 2 atom stereocenters. The molecule has 8 heteroatoms. The van der Waals surface area contributed by atoms with Crippen molar-refractivity contribution < 1.29 is 9.15 Å². The van der Waals surface area contributed by atoms with Gasteiger partial charge in [0.1, 0.15) is 11.4 Å². The van der Waals surface area contributed by atoms with E-state index < -0.39 is 0 Å². The highest BCUT2D eigenvalue weighted by Crippen LogP contribution is 2.46. The number of nitrogens with zero attached hydrogens (tertiary/aromatic N) is 5. The van der Waals surface area contributed by atoms with Crippen LogP contribution >= 0.6 is 11.3 Å². The van der Waals surface area contributed by atoms with Gasteiger partial charge in [-0.15, -0.1) is 11.3 Å². The molecule has 2 saturated heterocycles. The number of anilines is 2. The molecule has 0 N–H and O–H groups in total. The highest BCUT2D eigenvalue weighted by molar-refractivity contribution is 7.10. The quantitative estimate of drug-likeness (QED) is 0.163. The van der Waals surface area contributed by atoms with Crippen LogP contribution in [-0.2, 0) is 6.42 Å². The maximum atomic E-state index is 6.99. The van der Waals surface area contributed by atoms with Crippen LogP contribution in [0.15, 0.2) is 76.5 Å². The number of ether oxygens (including phenoxy) is 1. The summed E-state index contributed by atoms with van der Waals surface area (Å²) in [5.74, 6) is 4.07. The fourth-order valence-electron chi connectivity index (χ4n) is 8.41. The molecule has 1 aliphatic carbocycles. The first-order valence-corrected chi connectivity index (χ1v) is 18.6. The minimum absolute atomic E-state index is 0.194. The summed E-state index contributed by atoms with van der Waals surface area (Å²) in [6.07, 6.45) is 8.15. The Bertz CT molecular complexity index is 1520. The summed E-state index contributed by atoms with van der Waals surface area (Å²) in [6.45, 7) is 6.11. The first kappa shape index (κ1) is 32.2. The third kappa shape index (κ3) is 7.25. The number of thiophene rings is 1. The van der Waals surface area contributed by atoms with Gasteiger partial charge < -0.3 is 23.9 Å². The first-order chi connectivity index (χ1) is 23.1. The normalized spacial score (nSPS) is 22.1. The molecule has 0 amide bonds. The molecule has 2 aromatic carbocycles. The van der Waals surface area contributed by atoms with Crippen molar-refractivity contribution in [1.29, 1.82) is 0 Å². The molecule has 3 aliphatic rings. The fourth-order valence-corrected chi connectivity index (χ4v) is 9.43. The van der Waals surface area contributed by atoms with Crippen LogP contribution in [0.1, 0.15) is 72.6 Å². The summed E-state index contributed by atoms with van der Waals surface area (Å²) in [6, 6.07) is 24.5. The highest BCUT2D eigenvalue weighted by atomic mass is 32.1.